The smallest absolute Gasteiger partial charge is 0.294 e. The Morgan fingerprint density at radius 3 is 2.77 bits per heavy atom. The number of amides is 1. The van der Waals surface area contributed by atoms with E-state index in [0.29, 0.717) is 0 Å². The van der Waals surface area contributed by atoms with Crippen LogP contribution in [-0.2, 0) is 4.79 Å². The van der Waals surface area contributed by atoms with Gasteiger partial charge in [-0.15, -0.1) is 10.2 Å². The third-order valence-electron chi connectivity index (χ3n) is 2.96. The van der Waals surface area contributed by atoms with E-state index in [-0.39, 0.29) is 16.8 Å². The molecule has 7 nitrogen and oxygen atoms in total. The van der Waals surface area contributed by atoms with Gasteiger partial charge < -0.3 is 11.2 Å². The summed E-state index contributed by atoms with van der Waals surface area (Å²) < 4.78 is 0.906. The predicted molar refractivity (Wildman–Crippen MR) is 86.3 cm³/mol. The Bertz CT molecular complexity index is 759. The molecule has 0 aliphatic heterocycles. The summed E-state index contributed by atoms with van der Waals surface area (Å²) in [6.07, 6.45) is 0. The molecule has 1 amide bonds. The van der Waals surface area contributed by atoms with Crippen LogP contribution in [0, 0.1) is 13.8 Å². The Balaban J connectivity index is 2.09. The lowest BCUT2D eigenvalue weighted by Crippen LogP contribution is -2.33. The van der Waals surface area contributed by atoms with Gasteiger partial charge in [0, 0.05) is 5.69 Å². The minimum atomic E-state index is -0.480. The molecule has 0 unspecified atom stereocenters. The SMILES string of the molecule is Cc1cccc(NC(=O)[C@@H](C)Sc2nnc(C)c(=O)n2N)c1. The Hall–Kier alpha value is -2.35. The molecule has 2 rings (SSSR count). The standard InChI is InChI=1S/C14H17N5O2S/c1-8-5-4-6-11(7-8)16-12(20)10(3)22-14-18-17-9(2)13(21)19(14)15/h4-7,10H,15H2,1-3H3,(H,16,20)/t10-/m1/s1. The van der Waals surface area contributed by atoms with Gasteiger partial charge in [-0.2, -0.15) is 4.68 Å². The fourth-order valence-electron chi connectivity index (χ4n) is 1.73. The lowest BCUT2D eigenvalue weighted by Gasteiger charge is -2.13. The summed E-state index contributed by atoms with van der Waals surface area (Å²) in [5, 5.41) is 10.1. The topological polar surface area (TPSA) is 103 Å². The van der Waals surface area contributed by atoms with Crippen LogP contribution in [0.5, 0.6) is 0 Å². The van der Waals surface area contributed by atoms with Gasteiger partial charge in [-0.3, -0.25) is 9.59 Å². The zero-order chi connectivity index (χ0) is 16.3. The second-order valence-corrected chi connectivity index (χ2v) is 6.17. The van der Waals surface area contributed by atoms with Gasteiger partial charge in [0.1, 0.15) is 5.69 Å². The molecule has 3 N–H and O–H groups in total. The summed E-state index contributed by atoms with van der Waals surface area (Å²) in [4.78, 5) is 23.9. The number of aryl methyl sites for hydroxylation is 2. The van der Waals surface area contributed by atoms with Gasteiger partial charge in [0.05, 0.1) is 5.25 Å². The molecule has 1 heterocycles. The van der Waals surface area contributed by atoms with E-state index in [9.17, 15) is 9.59 Å². The minimum Gasteiger partial charge on any atom is -0.334 e. The van der Waals surface area contributed by atoms with E-state index in [4.69, 9.17) is 5.84 Å². The highest BCUT2D eigenvalue weighted by Crippen LogP contribution is 2.20. The van der Waals surface area contributed by atoms with Crippen molar-refractivity contribution in [2.75, 3.05) is 11.2 Å². The number of benzene rings is 1. The van der Waals surface area contributed by atoms with Crippen LogP contribution >= 0.6 is 11.8 Å². The van der Waals surface area contributed by atoms with E-state index >= 15 is 0 Å². The molecular formula is C14H17N5O2S. The molecule has 0 fully saturated rings. The van der Waals surface area contributed by atoms with Gasteiger partial charge in [-0.1, -0.05) is 23.9 Å². The fraction of sp³-hybridized carbons (Fsp3) is 0.286. The fourth-order valence-corrected chi connectivity index (χ4v) is 2.50. The summed E-state index contributed by atoms with van der Waals surface area (Å²) >= 11 is 1.08. The summed E-state index contributed by atoms with van der Waals surface area (Å²) in [5.74, 6) is 5.45. The second kappa shape index (κ2) is 6.61. The van der Waals surface area contributed by atoms with Crippen LogP contribution in [0.4, 0.5) is 5.69 Å². The second-order valence-electron chi connectivity index (χ2n) is 4.86. The molecule has 8 heteroatoms. The minimum absolute atomic E-state index is 0.197. The number of rotatable bonds is 4. The van der Waals surface area contributed by atoms with Crippen LogP contribution < -0.4 is 16.7 Å². The summed E-state index contributed by atoms with van der Waals surface area (Å²) in [6.45, 7) is 5.19. The van der Waals surface area contributed by atoms with E-state index in [1.54, 1.807) is 6.92 Å². The van der Waals surface area contributed by atoms with E-state index in [1.807, 2.05) is 31.2 Å². The number of carbonyl (C=O) groups is 1. The molecule has 0 spiro atoms. The quantitative estimate of drug-likeness (QED) is 0.646. The number of carbonyl (C=O) groups excluding carboxylic acids is 1. The van der Waals surface area contributed by atoms with Gasteiger partial charge in [0.2, 0.25) is 11.1 Å². The molecule has 2 aromatic rings. The maximum absolute atomic E-state index is 12.2. The number of nitrogens with zero attached hydrogens (tertiary/aromatic N) is 3. The molecule has 0 radical (unpaired) electrons. The summed E-state index contributed by atoms with van der Waals surface area (Å²) in [5.41, 5.74) is 1.56. The third kappa shape index (κ3) is 3.64. The lowest BCUT2D eigenvalue weighted by molar-refractivity contribution is -0.115. The zero-order valence-corrected chi connectivity index (χ0v) is 13.3. The molecule has 0 aliphatic rings. The highest BCUT2D eigenvalue weighted by molar-refractivity contribution is 8.00. The van der Waals surface area contributed by atoms with Crippen molar-refractivity contribution >= 4 is 23.4 Å². The zero-order valence-electron chi connectivity index (χ0n) is 12.5. The highest BCUT2D eigenvalue weighted by atomic mass is 32.2. The first kappa shape index (κ1) is 16.0. The molecular weight excluding hydrogens is 302 g/mol. The van der Waals surface area contributed by atoms with E-state index in [2.05, 4.69) is 15.5 Å². The van der Waals surface area contributed by atoms with Gasteiger partial charge in [-0.05, 0) is 38.5 Å². The Morgan fingerprint density at radius 2 is 2.09 bits per heavy atom. The van der Waals surface area contributed by atoms with Crippen molar-refractivity contribution in [3.05, 3.63) is 45.9 Å². The van der Waals surface area contributed by atoms with Crippen LogP contribution in [0.2, 0.25) is 0 Å². The number of anilines is 1. The highest BCUT2D eigenvalue weighted by Gasteiger charge is 2.18. The van der Waals surface area contributed by atoms with Crippen LogP contribution in [0.15, 0.2) is 34.2 Å². The van der Waals surface area contributed by atoms with Crippen LogP contribution in [0.1, 0.15) is 18.2 Å². The molecule has 22 heavy (non-hydrogen) atoms. The monoisotopic (exact) mass is 319 g/mol. The predicted octanol–water partition coefficient (Wildman–Crippen LogP) is 1.09. The molecule has 0 aliphatic carbocycles. The number of nitrogen functional groups attached to an aromatic ring is 1. The van der Waals surface area contributed by atoms with E-state index in [1.165, 1.54) is 6.92 Å². The van der Waals surface area contributed by atoms with Gasteiger partial charge in [-0.25, -0.2) is 0 Å². The van der Waals surface area contributed by atoms with E-state index < -0.39 is 10.8 Å². The average Bonchev–Trinajstić information content (AvgIpc) is 2.47. The van der Waals surface area contributed by atoms with Gasteiger partial charge >= 0.3 is 0 Å². The molecule has 0 saturated carbocycles. The number of hydrogen-bond donors (Lipinski definition) is 2. The lowest BCUT2D eigenvalue weighted by atomic mass is 10.2. The van der Waals surface area contributed by atoms with Crippen molar-refractivity contribution in [3.63, 3.8) is 0 Å². The van der Waals surface area contributed by atoms with Crippen LogP contribution in [-0.4, -0.2) is 26.0 Å². The van der Waals surface area contributed by atoms with Crippen molar-refractivity contribution in [1.82, 2.24) is 14.9 Å². The summed E-state index contributed by atoms with van der Waals surface area (Å²) in [7, 11) is 0. The number of nitrogens with one attached hydrogen (secondary N) is 1. The Kier molecular flexibility index (Phi) is 4.81. The molecule has 0 bridgehead atoms. The first-order valence-corrected chi connectivity index (χ1v) is 7.52. The Morgan fingerprint density at radius 1 is 1.36 bits per heavy atom. The number of hydrogen-bond acceptors (Lipinski definition) is 6. The van der Waals surface area contributed by atoms with Crippen LogP contribution in [0.25, 0.3) is 0 Å². The maximum atomic E-state index is 12.2. The number of nitrogens with two attached hydrogens (primary N) is 1. The maximum Gasteiger partial charge on any atom is 0.294 e. The first-order valence-electron chi connectivity index (χ1n) is 6.64. The van der Waals surface area contributed by atoms with Gasteiger partial charge in [0.15, 0.2) is 0 Å². The third-order valence-corrected chi connectivity index (χ3v) is 4.01. The number of aromatic nitrogens is 3. The van der Waals surface area contributed by atoms with Crippen molar-refractivity contribution < 1.29 is 4.79 Å². The molecule has 1 aromatic heterocycles. The van der Waals surface area contributed by atoms with E-state index in [0.717, 1.165) is 27.7 Å². The largest absolute Gasteiger partial charge is 0.334 e. The first-order chi connectivity index (χ1) is 10.4. The van der Waals surface area contributed by atoms with Crippen molar-refractivity contribution in [3.8, 4) is 0 Å². The van der Waals surface area contributed by atoms with Crippen molar-refractivity contribution in [2.24, 2.45) is 0 Å². The summed E-state index contributed by atoms with van der Waals surface area (Å²) in [6, 6.07) is 7.50. The van der Waals surface area contributed by atoms with Gasteiger partial charge in [0.25, 0.3) is 5.56 Å². The normalized spacial score (nSPS) is 12.0. The molecule has 1 aromatic carbocycles. The number of thioether (sulfide) groups is 1. The average molecular weight is 319 g/mol. The molecule has 0 saturated heterocycles. The Labute approximate surface area is 131 Å². The van der Waals surface area contributed by atoms with Crippen LogP contribution in [0.3, 0.4) is 0 Å². The van der Waals surface area contributed by atoms with Crippen molar-refractivity contribution in [1.29, 1.82) is 0 Å². The molecule has 1 atom stereocenters. The molecule has 116 valence electrons. The van der Waals surface area contributed by atoms with Crippen molar-refractivity contribution in [2.45, 2.75) is 31.2 Å².